The quantitative estimate of drug-likeness (QED) is 0.867. The largest absolute Gasteiger partial charge is 0.340 e. The van der Waals surface area contributed by atoms with Crippen LogP contribution in [-0.2, 0) is 6.54 Å². The molecule has 2 rings (SSSR count). The Morgan fingerprint density at radius 2 is 2.05 bits per heavy atom. The van der Waals surface area contributed by atoms with Gasteiger partial charge >= 0.3 is 0 Å². The highest BCUT2D eigenvalue weighted by Crippen LogP contribution is 2.28. The van der Waals surface area contributed by atoms with Gasteiger partial charge in [-0.25, -0.2) is 0 Å². The Morgan fingerprint density at radius 1 is 1.24 bits per heavy atom. The minimum absolute atomic E-state index is 0.472. The molecule has 0 saturated heterocycles. The van der Waals surface area contributed by atoms with E-state index in [0.29, 0.717) is 6.04 Å². The van der Waals surface area contributed by atoms with Crippen LogP contribution >= 0.6 is 0 Å². The summed E-state index contributed by atoms with van der Waals surface area (Å²) >= 11 is 0. The number of nitrogens with zero attached hydrogens (tertiary/aromatic N) is 2. The van der Waals surface area contributed by atoms with Crippen molar-refractivity contribution in [2.75, 3.05) is 11.4 Å². The van der Waals surface area contributed by atoms with E-state index in [1.165, 1.54) is 22.5 Å². The van der Waals surface area contributed by atoms with E-state index in [0.717, 1.165) is 13.1 Å². The molecule has 0 bridgehead atoms. The van der Waals surface area contributed by atoms with Crippen LogP contribution in [0.15, 0.2) is 42.7 Å². The molecule has 1 aromatic heterocycles. The molecule has 3 heteroatoms. The highest BCUT2D eigenvalue weighted by atomic mass is 15.1. The molecule has 112 valence electrons. The molecule has 0 amide bonds. The first-order chi connectivity index (χ1) is 10.1. The lowest BCUT2D eigenvalue weighted by Crippen LogP contribution is -2.24. The van der Waals surface area contributed by atoms with E-state index in [-0.39, 0.29) is 0 Å². The minimum atomic E-state index is 0.472. The number of nitrogens with one attached hydrogen (secondary N) is 1. The number of pyridine rings is 1. The van der Waals surface area contributed by atoms with Gasteiger partial charge in [0.05, 0.1) is 11.9 Å². The maximum absolute atomic E-state index is 4.32. The number of hydrogen-bond acceptors (Lipinski definition) is 3. The van der Waals surface area contributed by atoms with E-state index in [9.17, 15) is 0 Å². The molecule has 0 unspecified atom stereocenters. The van der Waals surface area contributed by atoms with Crippen LogP contribution in [0.3, 0.4) is 0 Å². The van der Waals surface area contributed by atoms with E-state index < -0.39 is 0 Å². The number of anilines is 2. The highest BCUT2D eigenvalue weighted by molar-refractivity contribution is 5.66. The third kappa shape index (κ3) is 4.05. The summed E-state index contributed by atoms with van der Waals surface area (Å²) in [6.07, 6.45) is 3.83. The fraction of sp³-hybridized carbons (Fsp3) is 0.389. The number of benzene rings is 1. The number of hydrogen-bond donors (Lipinski definition) is 1. The van der Waals surface area contributed by atoms with Crippen molar-refractivity contribution in [1.82, 2.24) is 10.3 Å². The van der Waals surface area contributed by atoms with Crippen molar-refractivity contribution in [2.24, 2.45) is 0 Å². The molecular formula is C18H25N3. The summed E-state index contributed by atoms with van der Waals surface area (Å²) in [6, 6.07) is 11.2. The predicted molar refractivity (Wildman–Crippen MR) is 90.1 cm³/mol. The van der Waals surface area contributed by atoms with Gasteiger partial charge in [-0.2, -0.15) is 0 Å². The van der Waals surface area contributed by atoms with Gasteiger partial charge in [-0.05, 0) is 43.2 Å². The first-order valence-electron chi connectivity index (χ1n) is 7.62. The molecule has 0 spiro atoms. The van der Waals surface area contributed by atoms with Crippen LogP contribution in [0.2, 0.25) is 0 Å². The van der Waals surface area contributed by atoms with Crippen molar-refractivity contribution in [3.05, 3.63) is 53.9 Å². The average Bonchev–Trinajstić information content (AvgIpc) is 2.47. The maximum Gasteiger partial charge on any atom is 0.0642 e. The average molecular weight is 283 g/mol. The second-order valence-electron chi connectivity index (χ2n) is 5.62. The SMILES string of the molecule is CCN(c1cccc(C)c1)c1cnccc1CNC(C)C. The summed E-state index contributed by atoms with van der Waals surface area (Å²) < 4.78 is 0. The normalized spacial score (nSPS) is 10.9. The van der Waals surface area contributed by atoms with Crippen LogP contribution in [0.4, 0.5) is 11.4 Å². The zero-order valence-electron chi connectivity index (χ0n) is 13.4. The third-order valence-electron chi connectivity index (χ3n) is 3.51. The van der Waals surface area contributed by atoms with Gasteiger partial charge in [-0.3, -0.25) is 4.98 Å². The molecule has 0 radical (unpaired) electrons. The Hall–Kier alpha value is -1.87. The van der Waals surface area contributed by atoms with Crippen LogP contribution in [0.1, 0.15) is 31.9 Å². The Morgan fingerprint density at radius 3 is 2.71 bits per heavy atom. The Labute approximate surface area is 128 Å². The van der Waals surface area contributed by atoms with E-state index in [2.05, 4.69) is 73.2 Å². The molecule has 1 aromatic carbocycles. The summed E-state index contributed by atoms with van der Waals surface area (Å²) in [5, 5.41) is 3.49. The second-order valence-corrected chi connectivity index (χ2v) is 5.62. The van der Waals surface area contributed by atoms with Gasteiger partial charge in [0.25, 0.3) is 0 Å². The Bertz CT molecular complexity index is 578. The number of aryl methyl sites for hydroxylation is 1. The van der Waals surface area contributed by atoms with Gasteiger partial charge in [0.2, 0.25) is 0 Å². The zero-order valence-corrected chi connectivity index (χ0v) is 13.4. The van der Waals surface area contributed by atoms with Crippen molar-refractivity contribution in [1.29, 1.82) is 0 Å². The van der Waals surface area contributed by atoms with Crippen LogP contribution in [0, 0.1) is 6.92 Å². The molecule has 0 fully saturated rings. The van der Waals surface area contributed by atoms with E-state index in [1.54, 1.807) is 0 Å². The van der Waals surface area contributed by atoms with E-state index in [1.807, 2.05) is 12.4 Å². The summed E-state index contributed by atoms with van der Waals surface area (Å²) in [7, 11) is 0. The monoisotopic (exact) mass is 283 g/mol. The van der Waals surface area contributed by atoms with Gasteiger partial charge in [0.1, 0.15) is 0 Å². The van der Waals surface area contributed by atoms with Crippen LogP contribution < -0.4 is 10.2 Å². The molecule has 0 saturated carbocycles. The molecule has 2 aromatic rings. The second kappa shape index (κ2) is 7.23. The smallest absolute Gasteiger partial charge is 0.0642 e. The van der Waals surface area contributed by atoms with Crippen molar-refractivity contribution < 1.29 is 0 Å². The maximum atomic E-state index is 4.32. The van der Waals surface area contributed by atoms with E-state index >= 15 is 0 Å². The molecule has 0 aliphatic rings. The van der Waals surface area contributed by atoms with Gasteiger partial charge in [0.15, 0.2) is 0 Å². The van der Waals surface area contributed by atoms with Crippen LogP contribution in [0.25, 0.3) is 0 Å². The molecule has 3 nitrogen and oxygen atoms in total. The Balaban J connectivity index is 2.33. The first-order valence-corrected chi connectivity index (χ1v) is 7.62. The molecular weight excluding hydrogens is 258 g/mol. The van der Waals surface area contributed by atoms with Crippen molar-refractivity contribution in [2.45, 2.75) is 40.3 Å². The minimum Gasteiger partial charge on any atom is -0.340 e. The lowest BCUT2D eigenvalue weighted by molar-refractivity contribution is 0.588. The lowest BCUT2D eigenvalue weighted by atomic mass is 10.1. The fourth-order valence-electron chi connectivity index (χ4n) is 2.41. The first kappa shape index (κ1) is 15.5. The van der Waals surface area contributed by atoms with Gasteiger partial charge in [-0.1, -0.05) is 26.0 Å². The predicted octanol–water partition coefficient (Wildman–Crippen LogP) is 4.05. The fourth-order valence-corrected chi connectivity index (χ4v) is 2.41. The molecule has 1 N–H and O–H groups in total. The molecule has 21 heavy (non-hydrogen) atoms. The summed E-state index contributed by atoms with van der Waals surface area (Å²) in [6.45, 7) is 10.4. The topological polar surface area (TPSA) is 28.2 Å². The van der Waals surface area contributed by atoms with Crippen molar-refractivity contribution in [3.63, 3.8) is 0 Å². The van der Waals surface area contributed by atoms with Gasteiger partial charge in [-0.15, -0.1) is 0 Å². The van der Waals surface area contributed by atoms with Crippen molar-refractivity contribution in [3.8, 4) is 0 Å². The molecule has 1 heterocycles. The highest BCUT2D eigenvalue weighted by Gasteiger charge is 2.12. The zero-order chi connectivity index (χ0) is 15.2. The molecule has 0 aliphatic heterocycles. The standard InChI is InChI=1S/C18H25N3/c1-5-21(17-8-6-7-15(4)11-17)18-13-19-10-9-16(18)12-20-14(2)3/h6-11,13-14,20H,5,12H2,1-4H3. The van der Waals surface area contributed by atoms with Gasteiger partial charge < -0.3 is 10.2 Å². The van der Waals surface area contributed by atoms with Crippen LogP contribution in [0.5, 0.6) is 0 Å². The molecule has 0 atom stereocenters. The van der Waals surface area contributed by atoms with Crippen molar-refractivity contribution >= 4 is 11.4 Å². The molecule has 0 aliphatic carbocycles. The number of aromatic nitrogens is 1. The van der Waals surface area contributed by atoms with Gasteiger partial charge in [0, 0.05) is 31.0 Å². The number of rotatable bonds is 6. The Kier molecular flexibility index (Phi) is 5.34. The lowest BCUT2D eigenvalue weighted by Gasteiger charge is -2.26. The van der Waals surface area contributed by atoms with Crippen LogP contribution in [-0.4, -0.2) is 17.6 Å². The van der Waals surface area contributed by atoms with E-state index in [4.69, 9.17) is 0 Å². The summed E-state index contributed by atoms with van der Waals surface area (Å²) in [4.78, 5) is 6.64. The third-order valence-corrected chi connectivity index (χ3v) is 3.51. The summed E-state index contributed by atoms with van der Waals surface area (Å²) in [5.41, 5.74) is 4.95. The summed E-state index contributed by atoms with van der Waals surface area (Å²) in [5.74, 6) is 0.